The average molecular weight is 365 g/mol. The molecule has 1 aliphatic rings. The molecule has 1 saturated heterocycles. The van der Waals surface area contributed by atoms with E-state index < -0.39 is 0 Å². The monoisotopic (exact) mass is 365 g/mol. The number of nitrogens with one attached hydrogen (secondary N) is 1. The molecule has 1 amide bonds. The highest BCUT2D eigenvalue weighted by Gasteiger charge is 2.27. The first-order valence-electron chi connectivity index (χ1n) is 9.00. The summed E-state index contributed by atoms with van der Waals surface area (Å²) in [5, 5.41) is 3.57. The number of rotatable bonds is 3. The molecule has 0 radical (unpaired) electrons. The molecule has 3 aromatic rings. The largest absolute Gasteiger partial charge is 0.355 e. The molecule has 1 aliphatic heterocycles. The van der Waals surface area contributed by atoms with Gasteiger partial charge in [0.15, 0.2) is 0 Å². The number of carbonyl (C=O) groups excluding carboxylic acids is 1. The topological polar surface area (TPSA) is 71.0 Å². The number of amides is 1. The predicted molar refractivity (Wildman–Crippen MR) is 102 cm³/mol. The van der Waals surface area contributed by atoms with E-state index in [1.807, 2.05) is 24.0 Å². The SMILES string of the molecule is Cc1cccc(NC(=O)C2CCCN(c3ncnc4ccc(F)cc34)C2)n1. The Balaban J connectivity index is 1.55. The molecule has 1 unspecified atom stereocenters. The summed E-state index contributed by atoms with van der Waals surface area (Å²) < 4.78 is 13.7. The van der Waals surface area contributed by atoms with E-state index in [0.717, 1.165) is 25.1 Å². The molecular formula is C20H20FN5O. The summed E-state index contributed by atoms with van der Waals surface area (Å²) in [5.41, 5.74) is 1.55. The second-order valence-electron chi connectivity index (χ2n) is 6.80. The summed E-state index contributed by atoms with van der Waals surface area (Å²) in [7, 11) is 0. The molecule has 0 saturated carbocycles. The lowest BCUT2D eigenvalue weighted by Crippen LogP contribution is -2.41. The van der Waals surface area contributed by atoms with Crippen LogP contribution in [0.5, 0.6) is 0 Å². The van der Waals surface area contributed by atoms with Crippen molar-refractivity contribution in [1.82, 2.24) is 15.0 Å². The Labute approximate surface area is 156 Å². The Morgan fingerprint density at radius 1 is 1.26 bits per heavy atom. The Morgan fingerprint density at radius 3 is 3.00 bits per heavy atom. The number of anilines is 2. The highest BCUT2D eigenvalue weighted by atomic mass is 19.1. The molecular weight excluding hydrogens is 345 g/mol. The summed E-state index contributed by atoms with van der Waals surface area (Å²) >= 11 is 0. The normalized spacial score (nSPS) is 17.1. The second-order valence-corrected chi connectivity index (χ2v) is 6.80. The van der Waals surface area contributed by atoms with Crippen LogP contribution >= 0.6 is 0 Å². The fraction of sp³-hybridized carbons (Fsp3) is 0.300. The van der Waals surface area contributed by atoms with Crippen molar-refractivity contribution in [2.24, 2.45) is 5.92 Å². The molecule has 4 rings (SSSR count). The lowest BCUT2D eigenvalue weighted by atomic mass is 9.97. The van der Waals surface area contributed by atoms with Crippen LogP contribution in [0.3, 0.4) is 0 Å². The summed E-state index contributed by atoms with van der Waals surface area (Å²) in [6.07, 6.45) is 3.14. The van der Waals surface area contributed by atoms with Gasteiger partial charge in [-0.15, -0.1) is 0 Å². The molecule has 0 bridgehead atoms. The van der Waals surface area contributed by atoms with Gasteiger partial charge in [-0.25, -0.2) is 19.3 Å². The minimum Gasteiger partial charge on any atom is -0.355 e. The first kappa shape index (κ1) is 17.3. The Hall–Kier alpha value is -3.09. The quantitative estimate of drug-likeness (QED) is 0.771. The van der Waals surface area contributed by atoms with Crippen LogP contribution in [0.4, 0.5) is 16.0 Å². The Morgan fingerprint density at radius 2 is 2.15 bits per heavy atom. The number of aromatic nitrogens is 3. The number of halogens is 1. The number of pyridine rings is 1. The van der Waals surface area contributed by atoms with Gasteiger partial charge in [-0.05, 0) is 50.1 Å². The van der Waals surface area contributed by atoms with Crippen LogP contribution in [0, 0.1) is 18.7 Å². The van der Waals surface area contributed by atoms with E-state index >= 15 is 0 Å². The lowest BCUT2D eigenvalue weighted by molar-refractivity contribution is -0.120. The van der Waals surface area contributed by atoms with Gasteiger partial charge in [-0.3, -0.25) is 4.79 Å². The van der Waals surface area contributed by atoms with Crippen LogP contribution in [0.25, 0.3) is 10.9 Å². The van der Waals surface area contributed by atoms with E-state index in [9.17, 15) is 9.18 Å². The molecule has 1 fully saturated rings. The maximum atomic E-state index is 13.7. The summed E-state index contributed by atoms with van der Waals surface area (Å²) in [6.45, 7) is 3.19. The van der Waals surface area contributed by atoms with Crippen molar-refractivity contribution in [3.05, 3.63) is 54.2 Å². The first-order valence-corrected chi connectivity index (χ1v) is 9.00. The highest BCUT2D eigenvalue weighted by Crippen LogP contribution is 2.28. The number of hydrogen-bond acceptors (Lipinski definition) is 5. The minimum absolute atomic E-state index is 0.0534. The molecule has 1 aromatic carbocycles. The van der Waals surface area contributed by atoms with Gasteiger partial charge in [0.2, 0.25) is 5.91 Å². The number of piperidine rings is 1. The van der Waals surface area contributed by atoms with Crippen LogP contribution < -0.4 is 10.2 Å². The van der Waals surface area contributed by atoms with E-state index in [1.54, 1.807) is 12.1 Å². The zero-order chi connectivity index (χ0) is 18.8. The molecule has 1 N–H and O–H groups in total. The third-order valence-electron chi connectivity index (χ3n) is 4.81. The van der Waals surface area contributed by atoms with Crippen LogP contribution in [0.2, 0.25) is 0 Å². The number of aryl methyl sites for hydroxylation is 1. The number of hydrogen-bond donors (Lipinski definition) is 1. The van der Waals surface area contributed by atoms with Crippen molar-refractivity contribution in [1.29, 1.82) is 0 Å². The molecule has 1 atom stereocenters. The lowest BCUT2D eigenvalue weighted by Gasteiger charge is -2.33. The third-order valence-corrected chi connectivity index (χ3v) is 4.81. The Kier molecular flexibility index (Phi) is 4.66. The number of fused-ring (bicyclic) bond motifs is 1. The van der Waals surface area contributed by atoms with Crippen LogP contribution in [0.15, 0.2) is 42.7 Å². The van der Waals surface area contributed by atoms with Gasteiger partial charge >= 0.3 is 0 Å². The number of nitrogens with zero attached hydrogens (tertiary/aromatic N) is 4. The smallest absolute Gasteiger partial charge is 0.230 e. The van der Waals surface area contributed by atoms with Gasteiger partial charge in [-0.1, -0.05) is 6.07 Å². The van der Waals surface area contributed by atoms with Crippen LogP contribution in [-0.2, 0) is 4.79 Å². The molecule has 0 spiro atoms. The third kappa shape index (κ3) is 3.72. The van der Waals surface area contributed by atoms with Gasteiger partial charge in [-0.2, -0.15) is 0 Å². The molecule has 138 valence electrons. The van der Waals surface area contributed by atoms with E-state index in [0.29, 0.717) is 29.1 Å². The molecule has 27 heavy (non-hydrogen) atoms. The molecule has 3 heterocycles. The number of carbonyl (C=O) groups is 1. The van der Waals surface area contributed by atoms with E-state index in [4.69, 9.17) is 0 Å². The predicted octanol–water partition coefficient (Wildman–Crippen LogP) is 3.33. The standard InChI is InChI=1S/C20H20FN5O/c1-13-4-2-6-18(24-13)25-20(27)14-5-3-9-26(11-14)19-16-10-15(21)7-8-17(16)22-12-23-19/h2,4,6-8,10,12,14H,3,5,9,11H2,1H3,(H,24,25,27). The van der Waals surface area contributed by atoms with Crippen molar-refractivity contribution in [3.63, 3.8) is 0 Å². The van der Waals surface area contributed by atoms with E-state index in [2.05, 4.69) is 20.3 Å². The summed E-state index contributed by atoms with van der Waals surface area (Å²) in [5.74, 6) is 0.676. The van der Waals surface area contributed by atoms with Crippen LogP contribution in [-0.4, -0.2) is 33.9 Å². The van der Waals surface area contributed by atoms with Crippen molar-refractivity contribution in [3.8, 4) is 0 Å². The van der Waals surface area contributed by atoms with E-state index in [1.165, 1.54) is 18.5 Å². The minimum atomic E-state index is -0.324. The van der Waals surface area contributed by atoms with Crippen molar-refractivity contribution < 1.29 is 9.18 Å². The summed E-state index contributed by atoms with van der Waals surface area (Å²) in [4.78, 5) is 27.6. The molecule has 7 heteroatoms. The molecule has 2 aromatic heterocycles. The van der Waals surface area contributed by atoms with Crippen molar-refractivity contribution >= 4 is 28.4 Å². The maximum Gasteiger partial charge on any atom is 0.230 e. The van der Waals surface area contributed by atoms with Gasteiger partial charge < -0.3 is 10.2 Å². The molecule has 6 nitrogen and oxygen atoms in total. The van der Waals surface area contributed by atoms with Gasteiger partial charge in [0.05, 0.1) is 11.4 Å². The first-order chi connectivity index (χ1) is 13.1. The fourth-order valence-corrected chi connectivity index (χ4v) is 3.49. The second kappa shape index (κ2) is 7.26. The van der Waals surface area contributed by atoms with Gasteiger partial charge in [0.25, 0.3) is 0 Å². The van der Waals surface area contributed by atoms with Gasteiger partial charge in [0, 0.05) is 24.2 Å². The van der Waals surface area contributed by atoms with E-state index in [-0.39, 0.29) is 17.6 Å². The zero-order valence-corrected chi connectivity index (χ0v) is 15.0. The number of benzene rings is 1. The Bertz CT molecular complexity index is 993. The van der Waals surface area contributed by atoms with Gasteiger partial charge in [0.1, 0.15) is 23.8 Å². The zero-order valence-electron chi connectivity index (χ0n) is 15.0. The highest BCUT2D eigenvalue weighted by molar-refractivity contribution is 5.93. The summed E-state index contributed by atoms with van der Waals surface area (Å²) in [6, 6.07) is 10.0. The molecule has 0 aliphatic carbocycles. The van der Waals surface area contributed by atoms with Crippen LogP contribution in [0.1, 0.15) is 18.5 Å². The van der Waals surface area contributed by atoms with Crippen molar-refractivity contribution in [2.75, 3.05) is 23.3 Å². The van der Waals surface area contributed by atoms with Crippen molar-refractivity contribution in [2.45, 2.75) is 19.8 Å². The maximum absolute atomic E-state index is 13.7. The average Bonchev–Trinajstić information content (AvgIpc) is 2.67. The fourth-order valence-electron chi connectivity index (χ4n) is 3.49.